The zero-order chi connectivity index (χ0) is 20.5. The topological polar surface area (TPSA) is 135 Å². The maximum atomic E-state index is 10.3. The minimum atomic E-state index is -1.22. The summed E-state index contributed by atoms with van der Waals surface area (Å²) in [6, 6.07) is 7.63. The lowest BCUT2D eigenvalue weighted by atomic mass is 10.1. The van der Waals surface area contributed by atoms with Gasteiger partial charge in [-0.15, -0.1) is 0 Å². The largest absolute Gasteiger partial charge is 0.497 e. The second-order valence-electron chi connectivity index (χ2n) is 6.92. The van der Waals surface area contributed by atoms with Crippen molar-refractivity contribution in [2.75, 3.05) is 19.0 Å². The van der Waals surface area contributed by atoms with E-state index >= 15 is 0 Å². The molecule has 0 aliphatic carbocycles. The van der Waals surface area contributed by atoms with Crippen LogP contribution in [-0.2, 0) is 4.74 Å². The Morgan fingerprint density at radius 3 is 2.79 bits per heavy atom. The van der Waals surface area contributed by atoms with Crippen molar-refractivity contribution in [1.82, 2.24) is 19.5 Å². The molecule has 154 valence electrons. The summed E-state index contributed by atoms with van der Waals surface area (Å²) in [5, 5.41) is 32.9. The van der Waals surface area contributed by atoms with Crippen LogP contribution in [-0.4, -0.2) is 66.9 Å². The number of aliphatic hydroxyl groups is 3. The van der Waals surface area contributed by atoms with Crippen LogP contribution in [0.4, 0.5) is 5.82 Å². The number of nitrogens with one attached hydrogen (secondary N) is 1. The van der Waals surface area contributed by atoms with E-state index in [9.17, 15) is 15.3 Å². The number of imidazole rings is 1. The van der Waals surface area contributed by atoms with Gasteiger partial charge in [-0.2, -0.15) is 0 Å². The molecule has 1 aromatic carbocycles. The van der Waals surface area contributed by atoms with Gasteiger partial charge in [0.2, 0.25) is 0 Å². The highest BCUT2D eigenvalue weighted by atomic mass is 16.6. The lowest BCUT2D eigenvalue weighted by Gasteiger charge is -2.17. The number of aromatic nitrogens is 4. The highest BCUT2D eigenvalue weighted by Gasteiger charge is 2.44. The van der Waals surface area contributed by atoms with Crippen molar-refractivity contribution in [3.05, 3.63) is 42.5 Å². The number of ether oxygens (including phenoxy) is 2. The van der Waals surface area contributed by atoms with Crippen LogP contribution in [0.5, 0.6) is 5.75 Å². The number of nitrogens with zero attached hydrogens (tertiary/aromatic N) is 4. The van der Waals surface area contributed by atoms with E-state index < -0.39 is 31.1 Å². The van der Waals surface area contributed by atoms with Crippen LogP contribution < -0.4 is 10.1 Å². The van der Waals surface area contributed by atoms with Crippen molar-refractivity contribution in [1.29, 1.82) is 0 Å². The summed E-state index contributed by atoms with van der Waals surface area (Å²) in [5.74, 6) is 1.29. The molecule has 1 aliphatic heterocycles. The van der Waals surface area contributed by atoms with E-state index in [2.05, 4.69) is 20.3 Å². The monoisotopic (exact) mass is 401 g/mol. The first-order chi connectivity index (χ1) is 14.0. The van der Waals surface area contributed by atoms with Gasteiger partial charge >= 0.3 is 0 Å². The highest BCUT2D eigenvalue weighted by molar-refractivity contribution is 5.82. The molecule has 0 spiro atoms. The van der Waals surface area contributed by atoms with Crippen molar-refractivity contribution >= 4 is 17.0 Å². The predicted octanol–water partition coefficient (Wildman–Crippen LogP) is 0.619. The molecule has 29 heavy (non-hydrogen) atoms. The summed E-state index contributed by atoms with van der Waals surface area (Å²) in [4.78, 5) is 12.9. The normalized spacial score (nSPS) is 25.3. The fraction of sp³-hybridized carbons (Fsp3) is 0.421. The van der Waals surface area contributed by atoms with Gasteiger partial charge < -0.3 is 30.1 Å². The van der Waals surface area contributed by atoms with Crippen LogP contribution in [0, 0.1) is 0 Å². The highest BCUT2D eigenvalue weighted by Crippen LogP contribution is 2.32. The second-order valence-corrected chi connectivity index (χ2v) is 6.92. The van der Waals surface area contributed by atoms with E-state index in [0.29, 0.717) is 17.0 Å². The van der Waals surface area contributed by atoms with Crippen LogP contribution in [0.15, 0.2) is 36.9 Å². The molecular weight excluding hydrogens is 378 g/mol. The van der Waals surface area contributed by atoms with Crippen LogP contribution in [0.2, 0.25) is 0 Å². The number of aliphatic hydroxyl groups excluding tert-OH is 3. The van der Waals surface area contributed by atoms with Crippen molar-refractivity contribution < 1.29 is 24.8 Å². The molecule has 0 radical (unpaired) electrons. The van der Waals surface area contributed by atoms with Gasteiger partial charge in [0.25, 0.3) is 0 Å². The molecule has 0 amide bonds. The molecule has 10 heteroatoms. The number of rotatable bonds is 6. The number of hydrogen-bond acceptors (Lipinski definition) is 9. The van der Waals surface area contributed by atoms with Gasteiger partial charge in [-0.1, -0.05) is 12.1 Å². The lowest BCUT2D eigenvalue weighted by Crippen LogP contribution is -2.33. The SMILES string of the molecule is COc1cccc([C@H](C)Nc2ncnc3c2ncn3[C@@H]2O[C@H](CO)C(O)[C@@H]2O)c1. The molecule has 1 aliphatic rings. The van der Waals surface area contributed by atoms with Gasteiger partial charge in [0.05, 0.1) is 26.1 Å². The average Bonchev–Trinajstić information content (AvgIpc) is 3.30. The van der Waals surface area contributed by atoms with E-state index in [-0.39, 0.29) is 6.04 Å². The predicted molar refractivity (Wildman–Crippen MR) is 103 cm³/mol. The Hall–Kier alpha value is -2.79. The molecule has 0 bridgehead atoms. The number of fused-ring (bicyclic) bond motifs is 1. The fourth-order valence-electron chi connectivity index (χ4n) is 3.45. The first-order valence-corrected chi connectivity index (χ1v) is 9.24. The Labute approximate surface area is 166 Å². The van der Waals surface area contributed by atoms with Gasteiger partial charge in [-0.25, -0.2) is 15.0 Å². The molecular formula is C19H23N5O5. The summed E-state index contributed by atoms with van der Waals surface area (Å²) < 4.78 is 12.4. The molecule has 5 atom stereocenters. The number of hydrogen-bond donors (Lipinski definition) is 4. The molecule has 1 unspecified atom stereocenters. The summed E-state index contributed by atoms with van der Waals surface area (Å²) in [6.45, 7) is 1.59. The van der Waals surface area contributed by atoms with Gasteiger partial charge in [0.1, 0.15) is 30.4 Å². The van der Waals surface area contributed by atoms with E-state index in [1.165, 1.54) is 17.2 Å². The second kappa shape index (κ2) is 7.91. The Balaban J connectivity index is 1.62. The Morgan fingerprint density at radius 2 is 2.07 bits per heavy atom. The summed E-state index contributed by atoms with van der Waals surface area (Å²) in [6.07, 6.45) is -1.34. The van der Waals surface area contributed by atoms with Gasteiger partial charge in [-0.3, -0.25) is 4.57 Å². The zero-order valence-corrected chi connectivity index (χ0v) is 16.0. The fourth-order valence-corrected chi connectivity index (χ4v) is 3.45. The smallest absolute Gasteiger partial charge is 0.167 e. The summed E-state index contributed by atoms with van der Waals surface area (Å²) in [5.41, 5.74) is 1.95. The van der Waals surface area contributed by atoms with Crippen LogP contribution in [0.25, 0.3) is 11.2 Å². The van der Waals surface area contributed by atoms with E-state index in [1.54, 1.807) is 7.11 Å². The number of anilines is 1. The maximum Gasteiger partial charge on any atom is 0.167 e. The average molecular weight is 401 g/mol. The lowest BCUT2D eigenvalue weighted by molar-refractivity contribution is -0.0511. The van der Waals surface area contributed by atoms with E-state index in [0.717, 1.165) is 11.3 Å². The summed E-state index contributed by atoms with van der Waals surface area (Å²) in [7, 11) is 1.62. The Bertz CT molecular complexity index is 996. The molecule has 1 saturated heterocycles. The first-order valence-electron chi connectivity index (χ1n) is 9.24. The van der Waals surface area contributed by atoms with Crippen molar-refractivity contribution in [3.8, 4) is 5.75 Å². The molecule has 10 nitrogen and oxygen atoms in total. The zero-order valence-electron chi connectivity index (χ0n) is 16.0. The van der Waals surface area contributed by atoms with Crippen molar-refractivity contribution in [2.45, 2.75) is 37.5 Å². The Morgan fingerprint density at radius 1 is 1.24 bits per heavy atom. The van der Waals surface area contributed by atoms with Crippen LogP contribution >= 0.6 is 0 Å². The quantitative estimate of drug-likeness (QED) is 0.469. The van der Waals surface area contributed by atoms with Gasteiger partial charge in [0, 0.05) is 0 Å². The van der Waals surface area contributed by atoms with E-state index in [4.69, 9.17) is 9.47 Å². The third-order valence-electron chi connectivity index (χ3n) is 5.10. The van der Waals surface area contributed by atoms with Crippen LogP contribution in [0.3, 0.4) is 0 Å². The first kappa shape index (κ1) is 19.5. The number of benzene rings is 1. The molecule has 4 rings (SSSR count). The summed E-state index contributed by atoms with van der Waals surface area (Å²) >= 11 is 0. The van der Waals surface area contributed by atoms with Gasteiger partial charge in [0.15, 0.2) is 23.2 Å². The molecule has 3 heterocycles. The third-order valence-corrected chi connectivity index (χ3v) is 5.10. The number of methoxy groups -OCH3 is 1. The van der Waals surface area contributed by atoms with E-state index in [1.807, 2.05) is 31.2 Å². The van der Waals surface area contributed by atoms with Crippen LogP contribution in [0.1, 0.15) is 24.8 Å². The third kappa shape index (κ3) is 3.51. The standard InChI is InChI=1S/C19H23N5O5/c1-10(11-4-3-5-12(6-11)28-2)23-17-14-18(21-8-20-17)24(9-22-14)19-16(27)15(26)13(7-25)29-19/h3-6,8-10,13,15-16,19,25-27H,7H2,1-2H3,(H,20,21,23)/t10-,13+,15?,16-,19+/m0/s1. The van der Waals surface area contributed by atoms with Crippen molar-refractivity contribution in [3.63, 3.8) is 0 Å². The molecule has 4 N–H and O–H groups in total. The maximum absolute atomic E-state index is 10.3. The minimum absolute atomic E-state index is 0.0812. The molecule has 3 aromatic rings. The minimum Gasteiger partial charge on any atom is -0.497 e. The van der Waals surface area contributed by atoms with Gasteiger partial charge in [-0.05, 0) is 24.6 Å². The molecule has 0 saturated carbocycles. The molecule has 1 fully saturated rings. The van der Waals surface area contributed by atoms with Crippen molar-refractivity contribution in [2.24, 2.45) is 0 Å². The Kier molecular flexibility index (Phi) is 5.33. The molecule has 2 aromatic heterocycles.